The van der Waals surface area contributed by atoms with Crippen LogP contribution in [0.5, 0.6) is 0 Å². The van der Waals surface area contributed by atoms with Crippen molar-refractivity contribution < 1.29 is 0 Å². The SMILES string of the molecule is CC(Nc1cc(-c2cc(=O)n(C)c(N3CC4CC3CN4)n2)ccn1)c1ccccc1. The zero-order valence-electron chi connectivity index (χ0n) is 17.2. The number of nitrogens with one attached hydrogen (secondary N) is 2. The van der Waals surface area contributed by atoms with E-state index < -0.39 is 0 Å². The van der Waals surface area contributed by atoms with E-state index >= 15 is 0 Å². The Hall–Kier alpha value is -3.19. The topological polar surface area (TPSA) is 75.1 Å². The zero-order valence-corrected chi connectivity index (χ0v) is 17.2. The molecule has 2 saturated heterocycles. The zero-order chi connectivity index (χ0) is 20.7. The van der Waals surface area contributed by atoms with Gasteiger partial charge < -0.3 is 15.5 Å². The fourth-order valence-corrected chi connectivity index (χ4v) is 4.45. The standard InChI is InChI=1S/C23H26N6O/c1-15(16-6-4-3-5-7-16)26-21-10-17(8-9-24-21)20-12-22(30)28(2)23(27-20)29-14-18-11-19(29)13-25-18/h3-10,12,15,18-19,25H,11,13-14H2,1-2H3,(H,24,26). The third kappa shape index (κ3) is 3.45. The lowest BCUT2D eigenvalue weighted by molar-refractivity contribution is 0.562. The van der Waals surface area contributed by atoms with Crippen molar-refractivity contribution in [3.05, 3.63) is 70.6 Å². The van der Waals surface area contributed by atoms with Gasteiger partial charge >= 0.3 is 0 Å². The lowest BCUT2D eigenvalue weighted by atomic mass is 10.1. The molecule has 5 rings (SSSR count). The quantitative estimate of drug-likeness (QED) is 0.683. The second kappa shape index (κ2) is 7.57. The summed E-state index contributed by atoms with van der Waals surface area (Å²) in [6.45, 7) is 3.95. The Bertz CT molecular complexity index is 1110. The highest BCUT2D eigenvalue weighted by molar-refractivity contribution is 5.64. The van der Waals surface area contributed by atoms with Crippen LogP contribution in [0.25, 0.3) is 11.3 Å². The summed E-state index contributed by atoms with van der Waals surface area (Å²) in [6, 6.07) is 16.7. The number of rotatable bonds is 5. The minimum Gasteiger partial charge on any atom is -0.364 e. The summed E-state index contributed by atoms with van der Waals surface area (Å²) < 4.78 is 1.65. The first-order chi connectivity index (χ1) is 14.6. The van der Waals surface area contributed by atoms with Gasteiger partial charge in [0, 0.05) is 56.1 Å². The van der Waals surface area contributed by atoms with Gasteiger partial charge in [0.25, 0.3) is 5.56 Å². The maximum Gasteiger partial charge on any atom is 0.255 e. The van der Waals surface area contributed by atoms with Crippen LogP contribution >= 0.6 is 0 Å². The van der Waals surface area contributed by atoms with Gasteiger partial charge in [0.2, 0.25) is 5.95 Å². The fraction of sp³-hybridized carbons (Fsp3) is 0.348. The van der Waals surface area contributed by atoms with Crippen molar-refractivity contribution in [3.63, 3.8) is 0 Å². The molecule has 30 heavy (non-hydrogen) atoms. The maximum atomic E-state index is 12.7. The van der Waals surface area contributed by atoms with Crippen molar-refractivity contribution in [1.82, 2.24) is 19.9 Å². The van der Waals surface area contributed by atoms with Crippen molar-refractivity contribution >= 4 is 11.8 Å². The molecule has 2 bridgehead atoms. The first-order valence-corrected chi connectivity index (χ1v) is 10.4. The number of hydrogen-bond donors (Lipinski definition) is 2. The van der Waals surface area contributed by atoms with E-state index in [0.717, 1.165) is 36.8 Å². The first kappa shape index (κ1) is 18.8. The monoisotopic (exact) mass is 402 g/mol. The van der Waals surface area contributed by atoms with Crippen LogP contribution < -0.4 is 21.1 Å². The molecule has 4 heterocycles. The van der Waals surface area contributed by atoms with E-state index in [9.17, 15) is 4.79 Å². The Balaban J connectivity index is 1.44. The van der Waals surface area contributed by atoms with Crippen LogP contribution in [0.2, 0.25) is 0 Å². The maximum absolute atomic E-state index is 12.7. The number of pyridine rings is 1. The molecule has 3 unspecified atom stereocenters. The molecule has 0 amide bonds. The van der Waals surface area contributed by atoms with Crippen LogP contribution in [0.15, 0.2) is 59.5 Å². The summed E-state index contributed by atoms with van der Waals surface area (Å²) in [6.07, 6.45) is 2.87. The number of hydrogen-bond acceptors (Lipinski definition) is 6. The van der Waals surface area contributed by atoms with Crippen LogP contribution in [0.4, 0.5) is 11.8 Å². The number of nitrogens with zero attached hydrogens (tertiary/aromatic N) is 4. The molecule has 0 radical (unpaired) electrons. The van der Waals surface area contributed by atoms with Crippen molar-refractivity contribution in [2.75, 3.05) is 23.3 Å². The third-order valence-corrected chi connectivity index (χ3v) is 6.14. The van der Waals surface area contributed by atoms with Gasteiger partial charge in [0.15, 0.2) is 0 Å². The average molecular weight is 403 g/mol. The molecule has 2 aliphatic rings. The Morgan fingerprint density at radius 1 is 1.20 bits per heavy atom. The highest BCUT2D eigenvalue weighted by Gasteiger charge is 2.39. The van der Waals surface area contributed by atoms with Crippen molar-refractivity contribution in [3.8, 4) is 11.3 Å². The van der Waals surface area contributed by atoms with Gasteiger partial charge in [0.05, 0.1) is 5.69 Å². The van der Waals surface area contributed by atoms with Gasteiger partial charge in [-0.1, -0.05) is 30.3 Å². The minimum atomic E-state index is -0.0466. The second-order valence-corrected chi connectivity index (χ2v) is 8.19. The van der Waals surface area contributed by atoms with Crippen LogP contribution in [0.1, 0.15) is 24.9 Å². The summed E-state index contributed by atoms with van der Waals surface area (Å²) in [5.74, 6) is 1.51. The van der Waals surface area contributed by atoms with E-state index in [4.69, 9.17) is 4.98 Å². The molecule has 3 atom stereocenters. The highest BCUT2D eigenvalue weighted by atomic mass is 16.1. The van der Waals surface area contributed by atoms with Gasteiger partial charge in [-0.15, -0.1) is 0 Å². The van der Waals surface area contributed by atoms with E-state index in [1.54, 1.807) is 23.9 Å². The van der Waals surface area contributed by atoms with Gasteiger partial charge in [-0.3, -0.25) is 9.36 Å². The molecule has 7 heteroatoms. The lowest BCUT2D eigenvalue weighted by Crippen LogP contribution is -2.46. The molecular formula is C23H26N6O. The van der Waals surface area contributed by atoms with Crippen molar-refractivity contribution in [2.45, 2.75) is 31.5 Å². The Labute approximate surface area is 175 Å². The molecule has 0 saturated carbocycles. The normalized spacial score (nSPS) is 21.1. The molecule has 2 aliphatic heterocycles. The second-order valence-electron chi connectivity index (χ2n) is 8.19. The smallest absolute Gasteiger partial charge is 0.255 e. The van der Waals surface area contributed by atoms with Crippen LogP contribution in [0, 0.1) is 0 Å². The van der Waals surface area contributed by atoms with Crippen LogP contribution in [0.3, 0.4) is 0 Å². The van der Waals surface area contributed by atoms with Crippen molar-refractivity contribution in [2.24, 2.45) is 7.05 Å². The molecule has 2 aromatic heterocycles. The first-order valence-electron chi connectivity index (χ1n) is 10.4. The largest absolute Gasteiger partial charge is 0.364 e. The average Bonchev–Trinajstić information content (AvgIpc) is 3.40. The summed E-state index contributed by atoms with van der Waals surface area (Å²) in [5, 5.41) is 6.95. The summed E-state index contributed by atoms with van der Waals surface area (Å²) >= 11 is 0. The summed E-state index contributed by atoms with van der Waals surface area (Å²) in [5.41, 5.74) is 2.71. The van der Waals surface area contributed by atoms with E-state index in [1.807, 2.05) is 30.3 Å². The number of fused-ring (bicyclic) bond motifs is 2. The Morgan fingerprint density at radius 3 is 2.77 bits per heavy atom. The molecule has 3 aromatic rings. The lowest BCUT2D eigenvalue weighted by Gasteiger charge is -2.29. The number of anilines is 2. The van der Waals surface area contributed by atoms with Crippen LogP contribution in [-0.4, -0.2) is 39.7 Å². The molecule has 2 N–H and O–H groups in total. The molecule has 7 nitrogen and oxygen atoms in total. The van der Waals surface area contributed by atoms with Gasteiger partial charge in [0.1, 0.15) is 5.82 Å². The molecule has 0 spiro atoms. The molecule has 1 aromatic carbocycles. The predicted octanol–water partition coefficient (Wildman–Crippen LogP) is 2.57. The van der Waals surface area contributed by atoms with Crippen molar-refractivity contribution in [1.29, 1.82) is 0 Å². The Morgan fingerprint density at radius 2 is 2.03 bits per heavy atom. The van der Waals surface area contributed by atoms with Gasteiger partial charge in [-0.05, 0) is 31.0 Å². The summed E-state index contributed by atoms with van der Waals surface area (Å²) in [4.78, 5) is 24.3. The van der Waals surface area contributed by atoms with E-state index in [0.29, 0.717) is 17.8 Å². The minimum absolute atomic E-state index is 0.0466. The molecule has 2 fully saturated rings. The number of benzene rings is 1. The molecular weight excluding hydrogens is 376 g/mol. The fourth-order valence-electron chi connectivity index (χ4n) is 4.45. The van der Waals surface area contributed by atoms with Crippen LogP contribution in [-0.2, 0) is 7.05 Å². The Kier molecular flexibility index (Phi) is 4.75. The van der Waals surface area contributed by atoms with E-state index in [-0.39, 0.29) is 11.6 Å². The molecule has 0 aliphatic carbocycles. The number of piperazine rings is 1. The predicted molar refractivity (Wildman–Crippen MR) is 119 cm³/mol. The van der Waals surface area contributed by atoms with E-state index in [2.05, 4.69) is 39.6 Å². The van der Waals surface area contributed by atoms with E-state index in [1.165, 1.54) is 5.56 Å². The third-order valence-electron chi connectivity index (χ3n) is 6.14. The molecule has 154 valence electrons. The van der Waals surface area contributed by atoms with Gasteiger partial charge in [-0.25, -0.2) is 9.97 Å². The summed E-state index contributed by atoms with van der Waals surface area (Å²) in [7, 11) is 1.80. The number of aromatic nitrogens is 3. The van der Waals surface area contributed by atoms with Gasteiger partial charge in [-0.2, -0.15) is 0 Å². The highest BCUT2D eigenvalue weighted by Crippen LogP contribution is 2.29.